The maximum absolute atomic E-state index is 11.6. The van der Waals surface area contributed by atoms with E-state index >= 15 is 0 Å². The first-order valence-corrected chi connectivity index (χ1v) is 6.76. The predicted molar refractivity (Wildman–Crippen MR) is 74.7 cm³/mol. The van der Waals surface area contributed by atoms with Crippen LogP contribution in [0.1, 0.15) is 6.42 Å². The lowest BCUT2D eigenvalue weighted by molar-refractivity contribution is -0.115. The van der Waals surface area contributed by atoms with Gasteiger partial charge >= 0.3 is 0 Å². The second kappa shape index (κ2) is 6.71. The van der Waals surface area contributed by atoms with Gasteiger partial charge in [-0.25, -0.2) is 4.98 Å². The van der Waals surface area contributed by atoms with Crippen LogP contribution in [0.25, 0.3) is 0 Å². The van der Waals surface area contributed by atoms with Gasteiger partial charge in [0.05, 0.1) is 6.07 Å². The van der Waals surface area contributed by atoms with E-state index in [1.165, 1.54) is 11.8 Å². The molecule has 0 saturated heterocycles. The number of aromatic hydroxyl groups is 1. The molecule has 0 aromatic carbocycles. The Bertz CT molecular complexity index is 645. The lowest BCUT2D eigenvalue weighted by Gasteiger charge is -2.03. The normalized spacial score (nSPS) is 10.2. The van der Waals surface area contributed by atoms with E-state index in [2.05, 4.69) is 20.3 Å². The molecule has 8 heteroatoms. The van der Waals surface area contributed by atoms with Crippen LogP contribution in [0, 0.1) is 0 Å². The molecule has 2 aromatic heterocycles. The van der Waals surface area contributed by atoms with E-state index in [9.17, 15) is 9.59 Å². The predicted octanol–water partition coefficient (Wildman–Crippen LogP) is 0.991. The van der Waals surface area contributed by atoms with Crippen molar-refractivity contribution < 1.29 is 9.90 Å². The fourth-order valence-corrected chi connectivity index (χ4v) is 2.19. The van der Waals surface area contributed by atoms with Gasteiger partial charge in [0, 0.05) is 18.4 Å². The highest BCUT2D eigenvalue weighted by Gasteiger charge is 2.05. The van der Waals surface area contributed by atoms with Crippen molar-refractivity contribution in [1.29, 1.82) is 0 Å². The van der Waals surface area contributed by atoms with Crippen molar-refractivity contribution in [2.45, 2.75) is 11.6 Å². The van der Waals surface area contributed by atoms with Gasteiger partial charge in [0.1, 0.15) is 5.82 Å². The Morgan fingerprint density at radius 2 is 2.30 bits per heavy atom. The zero-order valence-corrected chi connectivity index (χ0v) is 11.2. The highest BCUT2D eigenvalue weighted by atomic mass is 32.2. The molecule has 0 aliphatic carbocycles. The summed E-state index contributed by atoms with van der Waals surface area (Å²) in [5.41, 5.74) is -0.432. The first-order chi connectivity index (χ1) is 9.63. The molecule has 0 unspecified atom stereocenters. The number of nitrogens with zero attached hydrogens (tertiary/aromatic N) is 2. The zero-order valence-electron chi connectivity index (χ0n) is 10.4. The van der Waals surface area contributed by atoms with Crippen molar-refractivity contribution in [2.24, 2.45) is 0 Å². The molecule has 1 amide bonds. The molecule has 7 nitrogen and oxygen atoms in total. The minimum atomic E-state index is -0.432. The Morgan fingerprint density at radius 1 is 1.45 bits per heavy atom. The summed E-state index contributed by atoms with van der Waals surface area (Å²) in [5.74, 6) is 0.393. The summed E-state index contributed by atoms with van der Waals surface area (Å²) < 4.78 is 0. The Balaban J connectivity index is 1.81. The minimum absolute atomic E-state index is 0.182. The number of thioether (sulfide) groups is 1. The van der Waals surface area contributed by atoms with Crippen LogP contribution in [-0.4, -0.2) is 31.7 Å². The summed E-state index contributed by atoms with van der Waals surface area (Å²) in [5, 5.41) is 12.1. The van der Waals surface area contributed by atoms with Gasteiger partial charge in [-0.2, -0.15) is 4.98 Å². The van der Waals surface area contributed by atoms with Crippen LogP contribution < -0.4 is 10.9 Å². The van der Waals surface area contributed by atoms with Crippen LogP contribution in [0.4, 0.5) is 5.82 Å². The minimum Gasteiger partial charge on any atom is -0.493 e. The third kappa shape index (κ3) is 4.39. The molecule has 0 atom stereocenters. The maximum Gasteiger partial charge on any atom is 0.255 e. The summed E-state index contributed by atoms with van der Waals surface area (Å²) in [4.78, 5) is 32.9. The number of carbonyl (C=O) groups is 1. The van der Waals surface area contributed by atoms with Crippen molar-refractivity contribution in [3.63, 3.8) is 0 Å². The number of hydrogen-bond donors (Lipinski definition) is 3. The van der Waals surface area contributed by atoms with Crippen LogP contribution in [0.3, 0.4) is 0 Å². The third-order valence-electron chi connectivity index (χ3n) is 2.21. The molecule has 0 saturated carbocycles. The molecule has 20 heavy (non-hydrogen) atoms. The molecule has 0 bridgehead atoms. The third-order valence-corrected chi connectivity index (χ3v) is 3.08. The second-order valence-electron chi connectivity index (χ2n) is 3.77. The molecule has 0 radical (unpaired) electrons. The Labute approximate surface area is 118 Å². The highest BCUT2D eigenvalue weighted by molar-refractivity contribution is 7.99. The molecule has 0 spiro atoms. The van der Waals surface area contributed by atoms with Gasteiger partial charge in [-0.1, -0.05) is 17.8 Å². The second-order valence-corrected chi connectivity index (χ2v) is 4.85. The smallest absolute Gasteiger partial charge is 0.255 e. The molecule has 3 N–H and O–H groups in total. The van der Waals surface area contributed by atoms with Crippen molar-refractivity contribution in [3.05, 3.63) is 40.8 Å². The summed E-state index contributed by atoms with van der Waals surface area (Å²) >= 11 is 1.18. The molecule has 0 fully saturated rings. The Morgan fingerprint density at radius 3 is 3.00 bits per heavy atom. The largest absolute Gasteiger partial charge is 0.493 e. The number of aromatic amines is 1. The number of amides is 1. The van der Waals surface area contributed by atoms with Gasteiger partial charge in [0.2, 0.25) is 11.8 Å². The maximum atomic E-state index is 11.6. The van der Waals surface area contributed by atoms with Gasteiger partial charge in [-0.15, -0.1) is 0 Å². The number of nitrogens with one attached hydrogen (secondary N) is 2. The molecule has 2 heterocycles. The monoisotopic (exact) mass is 292 g/mol. The van der Waals surface area contributed by atoms with Crippen LogP contribution in [0.15, 0.2) is 40.4 Å². The van der Waals surface area contributed by atoms with E-state index < -0.39 is 5.56 Å². The molecular formula is C12H12N4O3S. The van der Waals surface area contributed by atoms with Crippen molar-refractivity contribution in [1.82, 2.24) is 15.0 Å². The lowest BCUT2D eigenvalue weighted by Crippen LogP contribution is -2.13. The summed E-state index contributed by atoms with van der Waals surface area (Å²) in [6, 6.07) is 6.21. The average molecular weight is 292 g/mol. The number of rotatable bonds is 5. The van der Waals surface area contributed by atoms with Gasteiger partial charge in [-0.3, -0.25) is 9.59 Å². The topological polar surface area (TPSA) is 108 Å². The molecular weight excluding hydrogens is 280 g/mol. The molecule has 2 aromatic rings. The standard InChI is InChI=1S/C12H12N4O3S/c17-9(14-8-3-1-2-5-13-8)4-6-20-12-15-10(18)7-11(19)16-12/h1-3,5,7H,4,6H2,(H,13,14,17)(H2,15,16,18,19). The average Bonchev–Trinajstić information content (AvgIpc) is 2.38. The number of pyridine rings is 1. The van der Waals surface area contributed by atoms with Gasteiger partial charge in [0.15, 0.2) is 5.16 Å². The molecule has 0 aliphatic rings. The summed E-state index contributed by atoms with van der Waals surface area (Å²) in [6.07, 6.45) is 1.83. The number of aromatic nitrogens is 3. The fraction of sp³-hybridized carbons (Fsp3) is 0.167. The van der Waals surface area contributed by atoms with E-state index in [0.29, 0.717) is 11.6 Å². The molecule has 104 valence electrons. The highest BCUT2D eigenvalue weighted by Crippen LogP contribution is 2.14. The Kier molecular flexibility index (Phi) is 4.72. The van der Waals surface area contributed by atoms with E-state index in [1.807, 2.05) is 0 Å². The van der Waals surface area contributed by atoms with Crippen LogP contribution in [0.5, 0.6) is 5.88 Å². The van der Waals surface area contributed by atoms with Crippen molar-refractivity contribution in [2.75, 3.05) is 11.1 Å². The first kappa shape index (κ1) is 14.1. The first-order valence-electron chi connectivity index (χ1n) is 5.77. The fourth-order valence-electron chi connectivity index (χ4n) is 1.37. The van der Waals surface area contributed by atoms with E-state index in [1.54, 1.807) is 24.4 Å². The van der Waals surface area contributed by atoms with Crippen molar-refractivity contribution >= 4 is 23.5 Å². The van der Waals surface area contributed by atoms with E-state index in [0.717, 1.165) is 6.07 Å². The Hall–Kier alpha value is -2.35. The molecule has 0 aliphatic heterocycles. The quantitative estimate of drug-likeness (QED) is 0.560. The number of H-pyrrole nitrogens is 1. The van der Waals surface area contributed by atoms with Crippen LogP contribution in [-0.2, 0) is 4.79 Å². The van der Waals surface area contributed by atoms with Gasteiger partial charge in [-0.05, 0) is 12.1 Å². The van der Waals surface area contributed by atoms with E-state index in [-0.39, 0.29) is 23.4 Å². The zero-order chi connectivity index (χ0) is 14.4. The SMILES string of the molecule is O=C(CCSc1nc(O)cc(=O)[nH]1)Nc1ccccn1. The van der Waals surface area contributed by atoms with Crippen LogP contribution >= 0.6 is 11.8 Å². The lowest BCUT2D eigenvalue weighted by atomic mass is 10.4. The van der Waals surface area contributed by atoms with E-state index in [4.69, 9.17) is 5.11 Å². The van der Waals surface area contributed by atoms with Gasteiger partial charge in [0.25, 0.3) is 5.56 Å². The summed E-state index contributed by atoms with van der Waals surface area (Å²) in [7, 11) is 0. The van der Waals surface area contributed by atoms with Crippen LogP contribution in [0.2, 0.25) is 0 Å². The summed E-state index contributed by atoms with van der Waals surface area (Å²) in [6.45, 7) is 0. The number of anilines is 1. The molecule has 2 rings (SSSR count). The van der Waals surface area contributed by atoms with Crippen molar-refractivity contribution in [3.8, 4) is 5.88 Å². The number of carbonyl (C=O) groups excluding carboxylic acids is 1. The van der Waals surface area contributed by atoms with Gasteiger partial charge < -0.3 is 15.4 Å². The number of hydrogen-bond acceptors (Lipinski definition) is 6.